The average molecular weight is 218 g/mol. The molecule has 1 fully saturated rings. The van der Waals surface area contributed by atoms with Gasteiger partial charge >= 0.3 is 0 Å². The van der Waals surface area contributed by atoms with Crippen molar-refractivity contribution in [2.24, 2.45) is 0 Å². The first-order chi connectivity index (χ1) is 6.30. The number of hydrogen-bond acceptors (Lipinski definition) is 2. The van der Waals surface area contributed by atoms with Gasteiger partial charge in [0.1, 0.15) is 0 Å². The molecule has 2 unspecified atom stereocenters. The SMILES string of the molecule is SC1CCCCCCCCCC1S. The van der Waals surface area contributed by atoms with Crippen LogP contribution in [0.25, 0.3) is 0 Å². The van der Waals surface area contributed by atoms with Crippen LogP contribution in [0, 0.1) is 0 Å². The Bertz CT molecular complexity index is 111. The van der Waals surface area contributed by atoms with Gasteiger partial charge in [-0.15, -0.1) is 0 Å². The fourth-order valence-electron chi connectivity index (χ4n) is 1.98. The van der Waals surface area contributed by atoms with E-state index in [4.69, 9.17) is 0 Å². The summed E-state index contributed by atoms with van der Waals surface area (Å²) in [4.78, 5) is 0. The Kier molecular flexibility index (Phi) is 6.39. The van der Waals surface area contributed by atoms with Crippen molar-refractivity contribution in [3.05, 3.63) is 0 Å². The summed E-state index contributed by atoms with van der Waals surface area (Å²) in [6.07, 6.45) is 12.3. The lowest BCUT2D eigenvalue weighted by atomic mass is 10.1. The molecule has 0 heterocycles. The van der Waals surface area contributed by atoms with Gasteiger partial charge in [0.2, 0.25) is 0 Å². The third kappa shape index (κ3) is 5.21. The summed E-state index contributed by atoms with van der Waals surface area (Å²) in [7, 11) is 0. The summed E-state index contributed by atoms with van der Waals surface area (Å²) in [6, 6.07) is 0. The van der Waals surface area contributed by atoms with Gasteiger partial charge in [0.05, 0.1) is 0 Å². The topological polar surface area (TPSA) is 0 Å². The maximum atomic E-state index is 4.61. The molecule has 0 aromatic rings. The maximum absolute atomic E-state index is 4.61. The van der Waals surface area contributed by atoms with Gasteiger partial charge in [0.15, 0.2) is 0 Å². The van der Waals surface area contributed by atoms with Gasteiger partial charge in [-0.05, 0) is 12.8 Å². The molecule has 13 heavy (non-hydrogen) atoms. The Labute approximate surface area is 93.7 Å². The molecule has 78 valence electrons. The molecule has 1 aliphatic rings. The summed E-state index contributed by atoms with van der Waals surface area (Å²) in [6.45, 7) is 0. The van der Waals surface area contributed by atoms with Crippen molar-refractivity contribution in [2.75, 3.05) is 0 Å². The predicted molar refractivity (Wildman–Crippen MR) is 67.1 cm³/mol. The smallest absolute Gasteiger partial charge is 0.0133 e. The minimum atomic E-state index is 0.529. The van der Waals surface area contributed by atoms with Crippen LogP contribution in [0.2, 0.25) is 0 Å². The molecular weight excluding hydrogens is 196 g/mol. The van der Waals surface area contributed by atoms with Gasteiger partial charge in [0, 0.05) is 10.5 Å². The van der Waals surface area contributed by atoms with Gasteiger partial charge in [-0.2, -0.15) is 25.3 Å². The quantitative estimate of drug-likeness (QED) is 0.562. The van der Waals surface area contributed by atoms with Crippen molar-refractivity contribution < 1.29 is 0 Å². The molecule has 2 heteroatoms. The molecule has 0 bridgehead atoms. The molecule has 0 aromatic carbocycles. The van der Waals surface area contributed by atoms with E-state index in [1.807, 2.05) is 0 Å². The van der Waals surface area contributed by atoms with E-state index in [0.29, 0.717) is 10.5 Å². The largest absolute Gasteiger partial charge is 0.175 e. The Balaban J connectivity index is 2.26. The number of thiol groups is 2. The molecule has 1 aliphatic carbocycles. The van der Waals surface area contributed by atoms with Crippen LogP contribution in [-0.4, -0.2) is 10.5 Å². The molecule has 1 saturated carbocycles. The normalized spacial score (nSPS) is 33.7. The Morgan fingerprint density at radius 3 is 1.23 bits per heavy atom. The van der Waals surface area contributed by atoms with Crippen LogP contribution in [0.4, 0.5) is 0 Å². The van der Waals surface area contributed by atoms with Crippen molar-refractivity contribution in [2.45, 2.75) is 68.3 Å². The maximum Gasteiger partial charge on any atom is 0.0133 e. The molecule has 0 aromatic heterocycles. The first-order valence-electron chi connectivity index (χ1n) is 5.67. The van der Waals surface area contributed by atoms with Gasteiger partial charge < -0.3 is 0 Å². The van der Waals surface area contributed by atoms with Crippen LogP contribution < -0.4 is 0 Å². The van der Waals surface area contributed by atoms with Crippen LogP contribution in [0.15, 0.2) is 0 Å². The fraction of sp³-hybridized carbons (Fsp3) is 1.00. The van der Waals surface area contributed by atoms with Crippen molar-refractivity contribution >= 4 is 25.3 Å². The van der Waals surface area contributed by atoms with Crippen LogP contribution in [-0.2, 0) is 0 Å². The van der Waals surface area contributed by atoms with Gasteiger partial charge in [-0.3, -0.25) is 0 Å². The molecule has 1 rings (SSSR count). The summed E-state index contributed by atoms with van der Waals surface area (Å²) in [5.74, 6) is 0. The van der Waals surface area contributed by atoms with Crippen LogP contribution >= 0.6 is 25.3 Å². The molecule has 0 radical (unpaired) electrons. The van der Waals surface area contributed by atoms with E-state index in [2.05, 4.69) is 25.3 Å². The van der Waals surface area contributed by atoms with Crippen LogP contribution in [0.1, 0.15) is 57.8 Å². The lowest BCUT2D eigenvalue weighted by molar-refractivity contribution is 0.586. The Hall–Kier alpha value is 0.700. The molecule has 0 amide bonds. The number of rotatable bonds is 0. The van der Waals surface area contributed by atoms with Gasteiger partial charge in [0.25, 0.3) is 0 Å². The van der Waals surface area contributed by atoms with E-state index in [1.165, 1.54) is 57.8 Å². The van der Waals surface area contributed by atoms with E-state index >= 15 is 0 Å². The standard InChI is InChI=1S/C11H22S2/c12-10-8-6-4-2-1-3-5-7-9-11(10)13/h10-13H,1-9H2. The van der Waals surface area contributed by atoms with Crippen molar-refractivity contribution in [1.82, 2.24) is 0 Å². The Morgan fingerprint density at radius 2 is 0.846 bits per heavy atom. The van der Waals surface area contributed by atoms with Gasteiger partial charge in [-0.25, -0.2) is 0 Å². The molecule has 0 N–H and O–H groups in total. The fourth-order valence-corrected chi connectivity index (χ4v) is 2.64. The van der Waals surface area contributed by atoms with E-state index in [0.717, 1.165) is 0 Å². The molecule has 0 saturated heterocycles. The van der Waals surface area contributed by atoms with E-state index < -0.39 is 0 Å². The first kappa shape index (κ1) is 11.8. The lowest BCUT2D eigenvalue weighted by Crippen LogP contribution is -2.14. The van der Waals surface area contributed by atoms with Crippen molar-refractivity contribution in [1.29, 1.82) is 0 Å². The highest BCUT2D eigenvalue weighted by Crippen LogP contribution is 2.23. The zero-order chi connectivity index (χ0) is 9.52. The zero-order valence-corrected chi connectivity index (χ0v) is 10.2. The highest BCUT2D eigenvalue weighted by atomic mass is 32.1. The summed E-state index contributed by atoms with van der Waals surface area (Å²) < 4.78 is 0. The van der Waals surface area contributed by atoms with E-state index in [-0.39, 0.29) is 0 Å². The monoisotopic (exact) mass is 218 g/mol. The number of hydrogen-bond donors (Lipinski definition) is 2. The van der Waals surface area contributed by atoms with Crippen LogP contribution in [0.3, 0.4) is 0 Å². The first-order valence-corrected chi connectivity index (χ1v) is 6.70. The third-order valence-corrected chi connectivity index (χ3v) is 4.42. The summed E-state index contributed by atoms with van der Waals surface area (Å²) in [5.41, 5.74) is 0. The predicted octanol–water partition coefficient (Wildman–Crippen LogP) is 4.11. The van der Waals surface area contributed by atoms with Crippen LogP contribution in [0.5, 0.6) is 0 Å². The highest BCUT2D eigenvalue weighted by Gasteiger charge is 2.13. The molecule has 2 atom stereocenters. The summed E-state index contributed by atoms with van der Waals surface area (Å²) >= 11 is 9.23. The molecule has 0 spiro atoms. The minimum absolute atomic E-state index is 0.529. The second-order valence-corrected chi connectivity index (χ2v) is 5.51. The van der Waals surface area contributed by atoms with E-state index in [1.54, 1.807) is 0 Å². The van der Waals surface area contributed by atoms with Gasteiger partial charge in [-0.1, -0.05) is 44.9 Å². The van der Waals surface area contributed by atoms with Crippen molar-refractivity contribution in [3.63, 3.8) is 0 Å². The Morgan fingerprint density at radius 1 is 0.538 bits per heavy atom. The second kappa shape index (κ2) is 7.05. The van der Waals surface area contributed by atoms with E-state index in [9.17, 15) is 0 Å². The second-order valence-electron chi connectivity index (χ2n) is 4.19. The lowest BCUT2D eigenvalue weighted by Gasteiger charge is -2.17. The molecule has 0 aliphatic heterocycles. The minimum Gasteiger partial charge on any atom is -0.175 e. The molecular formula is C11H22S2. The van der Waals surface area contributed by atoms with Crippen molar-refractivity contribution in [3.8, 4) is 0 Å². The highest BCUT2D eigenvalue weighted by molar-refractivity contribution is 7.85. The summed E-state index contributed by atoms with van der Waals surface area (Å²) in [5, 5.41) is 1.06. The molecule has 0 nitrogen and oxygen atoms in total. The average Bonchev–Trinajstić information content (AvgIpc) is 2.16. The third-order valence-electron chi connectivity index (χ3n) is 2.94. The zero-order valence-electron chi connectivity index (χ0n) is 8.41.